The van der Waals surface area contributed by atoms with Crippen molar-refractivity contribution in [2.24, 2.45) is 0 Å². The molecule has 1 N–H and O–H groups in total. The smallest absolute Gasteiger partial charge is 0.224 e. The van der Waals surface area contributed by atoms with E-state index in [2.05, 4.69) is 45.4 Å². The van der Waals surface area contributed by atoms with E-state index in [1.54, 1.807) is 0 Å². The van der Waals surface area contributed by atoms with Gasteiger partial charge in [0.1, 0.15) is 5.82 Å². The van der Waals surface area contributed by atoms with Gasteiger partial charge in [-0.3, -0.25) is 4.90 Å². The number of likely N-dealkylation sites (tertiary alicyclic amines) is 1. The molecule has 0 spiro atoms. The minimum atomic E-state index is 0.557. The van der Waals surface area contributed by atoms with Crippen LogP contribution in [0.2, 0.25) is 0 Å². The van der Waals surface area contributed by atoms with E-state index in [1.807, 2.05) is 0 Å². The van der Waals surface area contributed by atoms with Crippen molar-refractivity contribution in [3.63, 3.8) is 0 Å². The van der Waals surface area contributed by atoms with E-state index < -0.39 is 0 Å². The van der Waals surface area contributed by atoms with Gasteiger partial charge in [-0.05, 0) is 63.5 Å². The standard InChI is InChI=1S/C26H37N5/c1-2-9-17-30(16-8-1)25-23-14-6-7-15-24(23)28-26(29-25)27-19-22-13-10-18-31(22)20-21-11-4-3-5-12-21/h3-5,11-12,22H,1-2,6-10,13-20H2,(H,27,28,29). The molecule has 31 heavy (non-hydrogen) atoms. The van der Waals surface area contributed by atoms with E-state index in [0.717, 1.165) is 45.0 Å². The normalized spacial score (nSPS) is 22.2. The average molecular weight is 420 g/mol. The monoisotopic (exact) mass is 419 g/mol. The summed E-state index contributed by atoms with van der Waals surface area (Å²) in [5, 5.41) is 3.66. The van der Waals surface area contributed by atoms with Crippen molar-refractivity contribution in [1.82, 2.24) is 14.9 Å². The van der Waals surface area contributed by atoms with Crippen LogP contribution in [-0.2, 0) is 19.4 Å². The van der Waals surface area contributed by atoms with Crippen molar-refractivity contribution >= 4 is 11.8 Å². The first-order valence-electron chi connectivity index (χ1n) is 12.5. The highest BCUT2D eigenvalue weighted by Gasteiger charge is 2.26. The van der Waals surface area contributed by atoms with Crippen molar-refractivity contribution in [3.05, 3.63) is 47.2 Å². The Labute approximate surface area is 187 Å². The maximum atomic E-state index is 5.11. The molecule has 3 aliphatic rings. The van der Waals surface area contributed by atoms with Crippen molar-refractivity contribution in [2.45, 2.75) is 76.8 Å². The molecule has 1 aliphatic carbocycles. The number of hydrogen-bond donors (Lipinski definition) is 1. The zero-order valence-electron chi connectivity index (χ0n) is 18.9. The van der Waals surface area contributed by atoms with E-state index in [0.29, 0.717) is 6.04 Å². The molecule has 1 aromatic carbocycles. The van der Waals surface area contributed by atoms with Crippen LogP contribution in [-0.4, -0.2) is 47.1 Å². The Bertz CT molecular complexity index is 844. The minimum absolute atomic E-state index is 0.557. The molecule has 2 aromatic rings. The first-order valence-corrected chi connectivity index (χ1v) is 12.5. The van der Waals surface area contributed by atoms with Crippen LogP contribution < -0.4 is 10.2 Å². The molecule has 2 saturated heterocycles. The second-order valence-electron chi connectivity index (χ2n) is 9.54. The fraction of sp³-hybridized carbons (Fsp3) is 0.615. The van der Waals surface area contributed by atoms with Crippen LogP contribution >= 0.6 is 0 Å². The van der Waals surface area contributed by atoms with Gasteiger partial charge in [-0.2, -0.15) is 4.98 Å². The molecule has 1 aromatic heterocycles. The van der Waals surface area contributed by atoms with E-state index >= 15 is 0 Å². The van der Waals surface area contributed by atoms with Crippen LogP contribution in [0.4, 0.5) is 11.8 Å². The third kappa shape index (κ3) is 5.03. The Morgan fingerprint density at radius 2 is 1.65 bits per heavy atom. The van der Waals surface area contributed by atoms with Gasteiger partial charge in [-0.25, -0.2) is 4.98 Å². The zero-order valence-corrected chi connectivity index (χ0v) is 18.9. The highest BCUT2D eigenvalue weighted by molar-refractivity contribution is 5.54. The molecule has 0 bridgehead atoms. The van der Waals surface area contributed by atoms with Crippen LogP contribution in [0.25, 0.3) is 0 Å². The van der Waals surface area contributed by atoms with Crippen molar-refractivity contribution in [2.75, 3.05) is 36.4 Å². The molecule has 1 atom stereocenters. The number of anilines is 2. The predicted molar refractivity (Wildman–Crippen MR) is 128 cm³/mol. The van der Waals surface area contributed by atoms with Crippen LogP contribution in [0.5, 0.6) is 0 Å². The third-order valence-corrected chi connectivity index (χ3v) is 7.29. The van der Waals surface area contributed by atoms with Crippen molar-refractivity contribution in [3.8, 4) is 0 Å². The number of fused-ring (bicyclic) bond motifs is 1. The van der Waals surface area contributed by atoms with E-state index in [1.165, 1.54) is 80.6 Å². The van der Waals surface area contributed by atoms with E-state index in [4.69, 9.17) is 9.97 Å². The zero-order chi connectivity index (χ0) is 20.9. The molecule has 5 rings (SSSR count). The predicted octanol–water partition coefficient (Wildman–Crippen LogP) is 4.81. The molecule has 2 aliphatic heterocycles. The fourth-order valence-electron chi connectivity index (χ4n) is 5.56. The number of nitrogens with zero attached hydrogens (tertiary/aromatic N) is 4. The highest BCUT2D eigenvalue weighted by atomic mass is 15.2. The van der Waals surface area contributed by atoms with Crippen LogP contribution in [0.3, 0.4) is 0 Å². The summed E-state index contributed by atoms with van der Waals surface area (Å²) in [5.41, 5.74) is 4.14. The molecule has 3 heterocycles. The van der Waals surface area contributed by atoms with Crippen molar-refractivity contribution in [1.29, 1.82) is 0 Å². The van der Waals surface area contributed by atoms with Crippen LogP contribution in [0.15, 0.2) is 30.3 Å². The second kappa shape index (κ2) is 9.99. The molecule has 0 radical (unpaired) electrons. The van der Waals surface area contributed by atoms with Crippen molar-refractivity contribution < 1.29 is 0 Å². The number of benzene rings is 1. The summed E-state index contributed by atoms with van der Waals surface area (Å²) in [5.74, 6) is 2.09. The summed E-state index contributed by atoms with van der Waals surface area (Å²) in [6, 6.07) is 11.4. The Balaban J connectivity index is 1.30. The molecule has 5 nitrogen and oxygen atoms in total. The van der Waals surface area contributed by atoms with Gasteiger partial charge in [0, 0.05) is 37.8 Å². The molecule has 166 valence electrons. The maximum absolute atomic E-state index is 5.11. The van der Waals surface area contributed by atoms with Gasteiger partial charge in [0.15, 0.2) is 0 Å². The fourth-order valence-corrected chi connectivity index (χ4v) is 5.56. The average Bonchev–Trinajstić information content (AvgIpc) is 3.07. The van der Waals surface area contributed by atoms with Crippen LogP contribution in [0.1, 0.15) is 68.2 Å². The summed E-state index contributed by atoms with van der Waals surface area (Å²) in [6.07, 6.45) is 12.6. The quantitative estimate of drug-likeness (QED) is 0.728. The van der Waals surface area contributed by atoms with Gasteiger partial charge in [0.2, 0.25) is 5.95 Å². The van der Waals surface area contributed by atoms with Gasteiger partial charge in [0.25, 0.3) is 0 Å². The number of nitrogens with one attached hydrogen (secondary N) is 1. The van der Waals surface area contributed by atoms with Gasteiger partial charge in [-0.1, -0.05) is 43.2 Å². The molecule has 2 fully saturated rings. The molecule has 0 amide bonds. The lowest BCUT2D eigenvalue weighted by molar-refractivity contribution is 0.254. The lowest BCUT2D eigenvalue weighted by Gasteiger charge is -2.28. The Morgan fingerprint density at radius 3 is 2.48 bits per heavy atom. The summed E-state index contributed by atoms with van der Waals surface area (Å²) in [7, 11) is 0. The minimum Gasteiger partial charge on any atom is -0.356 e. The topological polar surface area (TPSA) is 44.3 Å². The number of rotatable bonds is 6. The molecular formula is C26H37N5. The summed E-state index contributed by atoms with van der Waals surface area (Å²) < 4.78 is 0. The lowest BCUT2D eigenvalue weighted by Crippen LogP contribution is -2.35. The van der Waals surface area contributed by atoms with Gasteiger partial charge < -0.3 is 10.2 Å². The number of aromatic nitrogens is 2. The molecule has 0 saturated carbocycles. The summed E-state index contributed by atoms with van der Waals surface area (Å²) in [6.45, 7) is 5.46. The Kier molecular flexibility index (Phi) is 6.68. The Morgan fingerprint density at radius 1 is 0.839 bits per heavy atom. The molecule has 5 heteroatoms. The number of hydrogen-bond acceptors (Lipinski definition) is 5. The largest absolute Gasteiger partial charge is 0.356 e. The summed E-state index contributed by atoms with van der Waals surface area (Å²) in [4.78, 5) is 15.3. The van der Waals surface area contributed by atoms with Gasteiger partial charge in [-0.15, -0.1) is 0 Å². The third-order valence-electron chi connectivity index (χ3n) is 7.29. The van der Waals surface area contributed by atoms with Gasteiger partial charge >= 0.3 is 0 Å². The van der Waals surface area contributed by atoms with E-state index in [-0.39, 0.29) is 0 Å². The Hall–Kier alpha value is -2.14. The first kappa shape index (κ1) is 20.7. The molecular weight excluding hydrogens is 382 g/mol. The van der Waals surface area contributed by atoms with Gasteiger partial charge in [0.05, 0.1) is 5.69 Å². The lowest BCUT2D eigenvalue weighted by atomic mass is 9.96. The second-order valence-corrected chi connectivity index (χ2v) is 9.54. The first-order chi connectivity index (χ1) is 15.4. The van der Waals surface area contributed by atoms with E-state index in [9.17, 15) is 0 Å². The SMILES string of the molecule is c1ccc(CN2CCCC2CNc2nc3c(c(N4CCCCCC4)n2)CCCC3)cc1. The summed E-state index contributed by atoms with van der Waals surface area (Å²) >= 11 is 0. The maximum Gasteiger partial charge on any atom is 0.224 e. The highest BCUT2D eigenvalue weighted by Crippen LogP contribution is 2.31. The molecule has 1 unspecified atom stereocenters. The van der Waals surface area contributed by atoms with Crippen LogP contribution in [0, 0.1) is 0 Å². The number of aryl methyl sites for hydroxylation is 1.